The third-order valence-corrected chi connectivity index (χ3v) is 10.0. The highest BCUT2D eigenvalue weighted by Gasteiger charge is 2.35. The van der Waals surface area contributed by atoms with E-state index in [4.69, 9.17) is 33.2 Å². The number of fused-ring (bicyclic) bond motifs is 6. The summed E-state index contributed by atoms with van der Waals surface area (Å²) in [4.78, 5) is 0. The average Bonchev–Trinajstić information content (AvgIpc) is 3.12. The SMILES string of the molecule is COc1cc2c(cc1Oc1cc3c(cc1OC)CCc1c[n+]4c(OC)c(OC)ccc4cc1-3)C[C@@H]1NCCc3cc(OC)c(OC)c-2c31. The molecular formula is C39H39N2O7+. The molecule has 1 aliphatic heterocycles. The van der Waals surface area contributed by atoms with E-state index in [-0.39, 0.29) is 6.04 Å². The summed E-state index contributed by atoms with van der Waals surface area (Å²) >= 11 is 0. The predicted molar refractivity (Wildman–Crippen MR) is 182 cm³/mol. The van der Waals surface area contributed by atoms with Crippen LogP contribution in [0.1, 0.15) is 33.9 Å². The number of benzene rings is 3. The number of hydrogen-bond acceptors (Lipinski definition) is 8. The number of methoxy groups -OCH3 is 6. The quantitative estimate of drug-likeness (QED) is 0.193. The summed E-state index contributed by atoms with van der Waals surface area (Å²) in [7, 11) is 10.1. The van der Waals surface area contributed by atoms with E-state index in [0.29, 0.717) is 34.6 Å². The van der Waals surface area contributed by atoms with Crippen molar-refractivity contribution in [3.63, 3.8) is 0 Å². The Balaban J connectivity index is 1.24. The predicted octanol–water partition coefficient (Wildman–Crippen LogP) is 6.44. The van der Waals surface area contributed by atoms with Crippen molar-refractivity contribution in [2.45, 2.75) is 31.7 Å². The molecule has 5 aromatic rings. The van der Waals surface area contributed by atoms with Crippen molar-refractivity contribution in [3.05, 3.63) is 82.5 Å². The van der Waals surface area contributed by atoms with E-state index in [1.807, 2.05) is 12.1 Å². The summed E-state index contributed by atoms with van der Waals surface area (Å²) in [6, 6.07) is 16.8. The van der Waals surface area contributed by atoms with Gasteiger partial charge in [-0.15, -0.1) is 4.40 Å². The largest absolute Gasteiger partial charge is 0.493 e. The fourth-order valence-electron chi connectivity index (χ4n) is 7.81. The molecule has 9 nitrogen and oxygen atoms in total. The van der Waals surface area contributed by atoms with Gasteiger partial charge in [0.05, 0.1) is 42.7 Å². The van der Waals surface area contributed by atoms with Gasteiger partial charge >= 0.3 is 5.88 Å². The molecule has 1 N–H and O–H groups in total. The van der Waals surface area contributed by atoms with E-state index in [2.05, 4.69) is 52.3 Å². The maximum atomic E-state index is 6.75. The number of nitrogens with one attached hydrogen (secondary N) is 1. The highest BCUT2D eigenvalue weighted by Crippen LogP contribution is 2.53. The molecule has 0 spiro atoms. The van der Waals surface area contributed by atoms with E-state index in [9.17, 15) is 0 Å². The van der Waals surface area contributed by atoms with Crippen LogP contribution >= 0.6 is 0 Å². The molecule has 0 saturated heterocycles. The molecule has 1 atom stereocenters. The van der Waals surface area contributed by atoms with Gasteiger partial charge in [-0.3, -0.25) is 0 Å². The van der Waals surface area contributed by atoms with E-state index in [1.54, 1.807) is 42.7 Å². The molecule has 0 saturated carbocycles. The van der Waals surface area contributed by atoms with Gasteiger partial charge in [0.25, 0.3) is 0 Å². The first kappa shape index (κ1) is 30.2. The number of ether oxygens (including phenoxy) is 7. The molecule has 0 radical (unpaired) electrons. The highest BCUT2D eigenvalue weighted by atomic mass is 16.5. The van der Waals surface area contributed by atoms with Crippen molar-refractivity contribution in [2.75, 3.05) is 49.2 Å². The Morgan fingerprint density at radius 1 is 0.583 bits per heavy atom. The van der Waals surface area contributed by atoms with Crippen LogP contribution in [0.25, 0.3) is 27.8 Å². The first-order chi connectivity index (χ1) is 23.5. The van der Waals surface area contributed by atoms with E-state index in [0.717, 1.165) is 77.1 Å². The first-order valence-electron chi connectivity index (χ1n) is 16.2. The van der Waals surface area contributed by atoms with Gasteiger partial charge in [0.15, 0.2) is 40.7 Å². The van der Waals surface area contributed by atoms with Gasteiger partial charge in [-0.2, -0.15) is 0 Å². The van der Waals surface area contributed by atoms with Crippen LogP contribution in [0.4, 0.5) is 0 Å². The summed E-state index contributed by atoms with van der Waals surface area (Å²) < 4.78 is 43.7. The second-order valence-corrected chi connectivity index (χ2v) is 12.4. The Bertz CT molecular complexity index is 2110. The molecule has 246 valence electrons. The average molecular weight is 648 g/mol. The molecule has 2 aliphatic carbocycles. The van der Waals surface area contributed by atoms with Gasteiger partial charge in [0.1, 0.15) is 0 Å². The minimum Gasteiger partial charge on any atom is -0.493 e. The minimum absolute atomic E-state index is 0.165. The molecule has 3 aromatic carbocycles. The lowest BCUT2D eigenvalue weighted by Gasteiger charge is -2.36. The number of rotatable bonds is 8. The lowest BCUT2D eigenvalue weighted by atomic mass is 9.77. The second kappa shape index (κ2) is 11.8. The van der Waals surface area contributed by atoms with Crippen molar-refractivity contribution < 1.29 is 37.6 Å². The minimum atomic E-state index is 0.165. The molecule has 0 unspecified atom stereocenters. The molecule has 9 heteroatoms. The Labute approximate surface area is 279 Å². The van der Waals surface area contributed by atoms with Crippen molar-refractivity contribution in [1.82, 2.24) is 5.32 Å². The highest BCUT2D eigenvalue weighted by molar-refractivity contribution is 5.85. The first-order valence-corrected chi connectivity index (χ1v) is 16.2. The van der Waals surface area contributed by atoms with Gasteiger partial charge in [0.2, 0.25) is 11.3 Å². The topological polar surface area (TPSA) is 80.7 Å². The van der Waals surface area contributed by atoms with E-state index >= 15 is 0 Å². The van der Waals surface area contributed by atoms with Crippen molar-refractivity contribution in [1.29, 1.82) is 0 Å². The van der Waals surface area contributed by atoms with E-state index in [1.165, 1.54) is 22.3 Å². The molecule has 0 bridgehead atoms. The molecule has 8 rings (SSSR count). The second-order valence-electron chi connectivity index (χ2n) is 12.4. The maximum Gasteiger partial charge on any atom is 0.417 e. The van der Waals surface area contributed by atoms with Crippen LogP contribution in [0.3, 0.4) is 0 Å². The number of hydrogen-bond donors (Lipinski definition) is 1. The molecule has 3 heterocycles. The number of pyridine rings is 2. The third kappa shape index (κ3) is 4.59. The van der Waals surface area contributed by atoms with Crippen LogP contribution in [-0.4, -0.2) is 49.2 Å². The third-order valence-electron chi connectivity index (χ3n) is 10.0. The summed E-state index contributed by atoms with van der Waals surface area (Å²) in [5, 5.41) is 3.73. The maximum absolute atomic E-state index is 6.75. The number of aromatic nitrogens is 1. The molecule has 0 amide bonds. The van der Waals surface area contributed by atoms with Gasteiger partial charge in [0, 0.05) is 29.3 Å². The molecular weight excluding hydrogens is 608 g/mol. The zero-order valence-electron chi connectivity index (χ0n) is 28.1. The number of aryl methyl sites for hydroxylation is 2. The molecule has 0 fully saturated rings. The monoisotopic (exact) mass is 647 g/mol. The Morgan fingerprint density at radius 3 is 2.00 bits per heavy atom. The van der Waals surface area contributed by atoms with Gasteiger partial charge < -0.3 is 38.5 Å². The molecule has 3 aliphatic rings. The van der Waals surface area contributed by atoms with Crippen molar-refractivity contribution >= 4 is 5.52 Å². The van der Waals surface area contributed by atoms with Gasteiger partial charge in [-0.25, -0.2) is 0 Å². The van der Waals surface area contributed by atoms with Crippen LogP contribution in [0.15, 0.2) is 54.7 Å². The van der Waals surface area contributed by atoms with Crippen LogP contribution in [0, 0.1) is 0 Å². The van der Waals surface area contributed by atoms with Gasteiger partial charge in [-0.1, -0.05) is 0 Å². The summed E-state index contributed by atoms with van der Waals surface area (Å²) in [6.45, 7) is 0.906. The molecule has 2 aromatic heterocycles. The van der Waals surface area contributed by atoms with Crippen LogP contribution in [0.5, 0.6) is 46.1 Å². The van der Waals surface area contributed by atoms with Crippen LogP contribution in [-0.2, 0) is 25.7 Å². The zero-order valence-corrected chi connectivity index (χ0v) is 28.1. The fraction of sp³-hybridized carbons (Fsp3) is 0.308. The van der Waals surface area contributed by atoms with Gasteiger partial charge in [-0.05, 0) is 108 Å². The van der Waals surface area contributed by atoms with Crippen LogP contribution in [0.2, 0.25) is 0 Å². The van der Waals surface area contributed by atoms with Crippen molar-refractivity contribution in [3.8, 4) is 68.4 Å². The molecule has 48 heavy (non-hydrogen) atoms. The zero-order chi connectivity index (χ0) is 33.1. The Kier molecular flexibility index (Phi) is 7.44. The Hall–Kier alpha value is -5.15. The summed E-state index contributed by atoms with van der Waals surface area (Å²) in [5.74, 6) is 5.37. The lowest BCUT2D eigenvalue weighted by Crippen LogP contribution is -2.34. The van der Waals surface area contributed by atoms with E-state index < -0.39 is 0 Å². The smallest absolute Gasteiger partial charge is 0.417 e. The number of nitrogens with zero attached hydrogens (tertiary/aromatic N) is 1. The fourth-order valence-corrected chi connectivity index (χ4v) is 7.81. The normalized spacial score (nSPS) is 15.4. The standard InChI is InChI=1S/C39H39N2O7/c1-42-30-10-9-25-17-26-23(20-41(25)39(30)47-6)8-7-21-14-31(43-2)34(18-27(21)26)48-33-16-24-13-29-36-22(11-12-40-29)15-35(45-4)38(46-5)37(36)28(24)19-32(33)44-3/h9-10,14-20,29,40H,7-8,11-13H2,1-6H3/q+1/t29-/m0/s1. The summed E-state index contributed by atoms with van der Waals surface area (Å²) in [6.07, 6.45) is 5.67. The van der Waals surface area contributed by atoms with Crippen molar-refractivity contribution in [2.24, 2.45) is 0 Å². The lowest BCUT2D eigenvalue weighted by molar-refractivity contribution is -0.522. The Morgan fingerprint density at radius 2 is 1.25 bits per heavy atom. The summed E-state index contributed by atoms with van der Waals surface area (Å²) in [5.41, 5.74) is 11.5. The van der Waals surface area contributed by atoms with Crippen LogP contribution < -0.4 is 42.9 Å².